The molecule has 2 aromatic heterocycles. The number of hydrogen-bond donors (Lipinski definition) is 1. The van der Waals surface area contributed by atoms with Gasteiger partial charge in [0.05, 0.1) is 11.3 Å². The van der Waals surface area contributed by atoms with Gasteiger partial charge in [-0.15, -0.1) is 0 Å². The van der Waals surface area contributed by atoms with Crippen LogP contribution in [0.3, 0.4) is 0 Å². The highest BCUT2D eigenvalue weighted by atomic mass is 19.4. The average molecular weight is 519 g/mol. The van der Waals surface area contributed by atoms with Crippen molar-refractivity contribution >= 4 is 11.9 Å². The molecule has 15 heteroatoms. The molecule has 1 amide bonds. The highest BCUT2D eigenvalue weighted by Crippen LogP contribution is 2.31. The number of alkyl halides is 6. The number of likely N-dealkylation sites (tertiary alicyclic amines) is 1. The fourth-order valence-electron chi connectivity index (χ4n) is 4.32. The minimum Gasteiger partial charge on any atom is -0.339 e. The molecule has 2 aliphatic rings. The third-order valence-electron chi connectivity index (χ3n) is 6.34. The molecule has 2 aromatic rings. The lowest BCUT2D eigenvalue weighted by atomic mass is 10.0. The van der Waals surface area contributed by atoms with E-state index in [2.05, 4.69) is 15.1 Å². The molecular formula is C21H23F6N7O2. The quantitative estimate of drug-likeness (QED) is 0.605. The number of H-pyrrole nitrogens is 1. The predicted octanol–water partition coefficient (Wildman–Crippen LogP) is 2.13. The molecule has 2 aliphatic heterocycles. The third-order valence-corrected chi connectivity index (χ3v) is 6.34. The Hall–Kier alpha value is -3.23. The molecule has 0 saturated carbocycles. The van der Waals surface area contributed by atoms with Crippen molar-refractivity contribution in [3.05, 3.63) is 45.6 Å². The Morgan fingerprint density at radius 1 is 1.00 bits per heavy atom. The molecule has 1 atom stereocenters. The van der Waals surface area contributed by atoms with Crippen LogP contribution in [0.2, 0.25) is 0 Å². The van der Waals surface area contributed by atoms with E-state index >= 15 is 0 Å². The Kier molecular flexibility index (Phi) is 7.20. The summed E-state index contributed by atoms with van der Waals surface area (Å²) in [5, 5.41) is 5.69. The Bertz CT molecular complexity index is 1130. The van der Waals surface area contributed by atoms with Gasteiger partial charge in [0.1, 0.15) is 5.56 Å². The molecule has 196 valence electrons. The van der Waals surface area contributed by atoms with Gasteiger partial charge in [0.15, 0.2) is 0 Å². The second-order valence-corrected chi connectivity index (χ2v) is 8.71. The van der Waals surface area contributed by atoms with Crippen LogP contribution < -0.4 is 10.5 Å². The topological polar surface area (TPSA) is 98.3 Å². The maximum absolute atomic E-state index is 13.0. The van der Waals surface area contributed by atoms with Crippen molar-refractivity contribution in [3.8, 4) is 0 Å². The number of nitrogens with zero attached hydrogens (tertiary/aromatic N) is 6. The summed E-state index contributed by atoms with van der Waals surface area (Å²) in [7, 11) is 0. The zero-order chi connectivity index (χ0) is 26.1. The Morgan fingerprint density at radius 2 is 1.67 bits per heavy atom. The highest BCUT2D eigenvalue weighted by molar-refractivity contribution is 5.76. The van der Waals surface area contributed by atoms with Crippen LogP contribution in [0, 0.1) is 0 Å². The first-order chi connectivity index (χ1) is 16.9. The van der Waals surface area contributed by atoms with Gasteiger partial charge in [-0.3, -0.25) is 9.59 Å². The number of carbonyl (C=O) groups is 1. The zero-order valence-electron chi connectivity index (χ0n) is 18.9. The van der Waals surface area contributed by atoms with Crippen molar-refractivity contribution in [2.24, 2.45) is 0 Å². The second-order valence-electron chi connectivity index (χ2n) is 8.71. The van der Waals surface area contributed by atoms with Gasteiger partial charge < -0.3 is 14.7 Å². The molecule has 36 heavy (non-hydrogen) atoms. The fraction of sp³-hybridized carbons (Fsp3) is 0.571. The number of piperazine rings is 1. The van der Waals surface area contributed by atoms with Crippen molar-refractivity contribution in [2.45, 2.75) is 31.1 Å². The van der Waals surface area contributed by atoms with Gasteiger partial charge in [0.2, 0.25) is 11.9 Å². The summed E-state index contributed by atoms with van der Waals surface area (Å²) in [6, 6.07) is 0.790. The Labute approximate surface area is 201 Å². The smallest absolute Gasteiger partial charge is 0.339 e. The highest BCUT2D eigenvalue weighted by Gasteiger charge is 2.36. The molecule has 0 unspecified atom stereocenters. The first-order valence-corrected chi connectivity index (χ1v) is 11.2. The molecule has 0 aliphatic carbocycles. The second kappa shape index (κ2) is 10.0. The zero-order valence-corrected chi connectivity index (χ0v) is 18.9. The van der Waals surface area contributed by atoms with Crippen molar-refractivity contribution in [1.29, 1.82) is 0 Å². The number of amides is 1. The normalized spacial score (nSPS) is 19.7. The maximum atomic E-state index is 13.0. The van der Waals surface area contributed by atoms with Crippen LogP contribution in [-0.2, 0) is 17.1 Å². The number of aromatic nitrogens is 4. The van der Waals surface area contributed by atoms with Crippen LogP contribution in [0.1, 0.15) is 35.6 Å². The molecule has 0 radical (unpaired) electrons. The molecule has 4 heterocycles. The first kappa shape index (κ1) is 25.9. The van der Waals surface area contributed by atoms with Gasteiger partial charge in [-0.05, 0) is 19.0 Å². The van der Waals surface area contributed by atoms with Gasteiger partial charge >= 0.3 is 12.4 Å². The van der Waals surface area contributed by atoms with Crippen molar-refractivity contribution in [3.63, 3.8) is 0 Å². The van der Waals surface area contributed by atoms with Crippen LogP contribution in [0.4, 0.5) is 32.3 Å². The van der Waals surface area contributed by atoms with Gasteiger partial charge in [-0.2, -0.15) is 31.4 Å². The molecule has 2 saturated heterocycles. The van der Waals surface area contributed by atoms with Crippen LogP contribution in [0.25, 0.3) is 0 Å². The van der Waals surface area contributed by atoms with Crippen LogP contribution in [0.15, 0.2) is 23.3 Å². The number of aromatic amines is 1. The van der Waals surface area contributed by atoms with E-state index in [0.29, 0.717) is 52.2 Å². The van der Waals surface area contributed by atoms with Crippen LogP contribution in [-0.4, -0.2) is 81.7 Å². The van der Waals surface area contributed by atoms with Crippen molar-refractivity contribution in [1.82, 2.24) is 30.0 Å². The first-order valence-electron chi connectivity index (χ1n) is 11.2. The van der Waals surface area contributed by atoms with E-state index in [-0.39, 0.29) is 29.9 Å². The number of anilines is 1. The molecule has 4 rings (SSSR count). The maximum Gasteiger partial charge on any atom is 0.421 e. The fourth-order valence-corrected chi connectivity index (χ4v) is 4.32. The average Bonchev–Trinajstić information content (AvgIpc) is 3.31. The number of carbonyl (C=O) groups excluding carboxylic acids is 1. The lowest BCUT2D eigenvalue weighted by Crippen LogP contribution is -2.49. The largest absolute Gasteiger partial charge is 0.421 e. The van der Waals surface area contributed by atoms with E-state index in [1.807, 2.05) is 10.00 Å². The van der Waals surface area contributed by atoms with E-state index in [4.69, 9.17) is 0 Å². The molecule has 0 bridgehead atoms. The van der Waals surface area contributed by atoms with Crippen LogP contribution >= 0.6 is 0 Å². The van der Waals surface area contributed by atoms with Crippen LogP contribution in [0.5, 0.6) is 0 Å². The minimum atomic E-state index is -4.77. The Morgan fingerprint density at radius 3 is 2.28 bits per heavy atom. The summed E-state index contributed by atoms with van der Waals surface area (Å²) in [6.07, 6.45) is -7.04. The monoisotopic (exact) mass is 519 g/mol. The minimum absolute atomic E-state index is 0.0899. The third kappa shape index (κ3) is 5.94. The summed E-state index contributed by atoms with van der Waals surface area (Å²) in [4.78, 5) is 37.0. The van der Waals surface area contributed by atoms with E-state index in [0.717, 1.165) is 18.5 Å². The lowest BCUT2D eigenvalue weighted by Gasteiger charge is -2.35. The standard InChI is InChI=1S/C21H23F6N7O2/c22-20(23,24)14-10-28-19(29-11-14)34-7-5-33(6-8-34)17(35)2-4-32-3-1-13(12-32)16-9-15(21(25,26)27)18(36)31-30-16/h9-11,13H,1-8,12H2,(H,31,36)/t13-/m1/s1. The SMILES string of the molecule is O=C(CCN1CC[C@@H](c2cc(C(F)(F)F)c(=O)[nH]n2)C1)N1CCN(c2ncc(C(F)(F)F)cn2)CC1. The van der Waals surface area contributed by atoms with Crippen molar-refractivity contribution < 1.29 is 31.1 Å². The van der Waals surface area contributed by atoms with Gasteiger partial charge in [0, 0.05) is 64.0 Å². The van der Waals surface area contributed by atoms with Gasteiger partial charge in [-0.25, -0.2) is 15.1 Å². The van der Waals surface area contributed by atoms with E-state index in [9.17, 15) is 35.9 Å². The summed E-state index contributed by atoms with van der Waals surface area (Å²) in [6.45, 7) is 2.92. The molecule has 1 N–H and O–H groups in total. The van der Waals surface area contributed by atoms with E-state index < -0.39 is 29.0 Å². The summed E-state index contributed by atoms with van der Waals surface area (Å²) in [5.41, 5.74) is -3.32. The number of hydrogen-bond acceptors (Lipinski definition) is 7. The summed E-state index contributed by atoms with van der Waals surface area (Å²) >= 11 is 0. The predicted molar refractivity (Wildman–Crippen MR) is 114 cm³/mol. The summed E-state index contributed by atoms with van der Waals surface area (Å²) < 4.78 is 77.0. The molecule has 0 spiro atoms. The number of nitrogens with one attached hydrogen (secondary N) is 1. The van der Waals surface area contributed by atoms with Gasteiger partial charge in [-0.1, -0.05) is 0 Å². The van der Waals surface area contributed by atoms with E-state index in [1.54, 1.807) is 9.80 Å². The van der Waals surface area contributed by atoms with Gasteiger partial charge in [0.25, 0.3) is 5.56 Å². The lowest BCUT2D eigenvalue weighted by molar-refractivity contribution is -0.139. The molecule has 2 fully saturated rings. The Balaban J connectivity index is 1.24. The molecule has 9 nitrogen and oxygen atoms in total. The summed E-state index contributed by atoms with van der Waals surface area (Å²) in [5.74, 6) is -0.207. The molecular weight excluding hydrogens is 496 g/mol. The number of rotatable bonds is 5. The van der Waals surface area contributed by atoms with Crippen molar-refractivity contribution in [2.75, 3.05) is 50.7 Å². The van der Waals surface area contributed by atoms with E-state index in [1.165, 1.54) is 0 Å². The number of halogens is 6. The molecule has 0 aromatic carbocycles.